The number of benzene rings is 1. The van der Waals surface area contributed by atoms with Crippen molar-refractivity contribution in [1.82, 2.24) is 29.7 Å². The Bertz CT molecular complexity index is 855. The van der Waals surface area contributed by atoms with E-state index in [0.29, 0.717) is 0 Å². The number of hydrogen-bond acceptors (Lipinski definition) is 3. The van der Waals surface area contributed by atoms with Crippen LogP contribution in [-0.4, -0.2) is 44.7 Å². The van der Waals surface area contributed by atoms with Gasteiger partial charge in [-0.25, -0.2) is 9.97 Å². The Morgan fingerprint density at radius 3 is 2.79 bits per heavy atom. The lowest BCUT2D eigenvalue weighted by atomic mass is 10.3. The first kappa shape index (κ1) is 22.2. The van der Waals surface area contributed by atoms with Crippen LogP contribution in [0.15, 0.2) is 48.0 Å². The second-order valence-corrected chi connectivity index (χ2v) is 6.49. The van der Waals surface area contributed by atoms with E-state index in [1.54, 1.807) is 6.20 Å². The van der Waals surface area contributed by atoms with Gasteiger partial charge < -0.3 is 19.8 Å². The minimum Gasteiger partial charge on any atom is -0.357 e. The average Bonchev–Trinajstić information content (AvgIpc) is 3.29. The fraction of sp³-hybridized carbons (Fsp3) is 0.450. The minimum atomic E-state index is 0. The number of aromatic nitrogens is 4. The molecule has 0 fully saturated rings. The van der Waals surface area contributed by atoms with Gasteiger partial charge in [-0.2, -0.15) is 0 Å². The summed E-state index contributed by atoms with van der Waals surface area (Å²) in [7, 11) is 0. The summed E-state index contributed by atoms with van der Waals surface area (Å²) in [6.45, 7) is 8.56. The third-order valence-electron chi connectivity index (χ3n) is 4.44. The standard InChI is InChI=1S/C20H29N7.HI/c1-3-22-20(23-10-6-13-26-15-12-21-16-26)24-11-7-14-27-17(2)25-18-8-4-5-9-19(18)27;/h4-5,8-9,12,15-16H,3,6-7,10-11,13-14H2,1-2H3,(H2,22,23,24);1H. The molecule has 0 saturated heterocycles. The fourth-order valence-electron chi connectivity index (χ4n) is 3.13. The zero-order valence-electron chi connectivity index (χ0n) is 16.6. The zero-order valence-corrected chi connectivity index (χ0v) is 19.0. The molecular weight excluding hydrogens is 465 g/mol. The molecule has 0 spiro atoms. The van der Waals surface area contributed by atoms with Crippen LogP contribution in [-0.2, 0) is 13.1 Å². The predicted octanol–water partition coefficient (Wildman–Crippen LogP) is 3.19. The Labute approximate surface area is 183 Å². The first-order valence-corrected chi connectivity index (χ1v) is 9.67. The van der Waals surface area contributed by atoms with Gasteiger partial charge in [0.2, 0.25) is 0 Å². The van der Waals surface area contributed by atoms with Gasteiger partial charge in [0, 0.05) is 45.1 Å². The summed E-state index contributed by atoms with van der Waals surface area (Å²) in [4.78, 5) is 13.3. The van der Waals surface area contributed by atoms with E-state index >= 15 is 0 Å². The molecule has 0 aliphatic carbocycles. The Hall–Kier alpha value is -2.10. The average molecular weight is 495 g/mol. The lowest BCUT2D eigenvalue weighted by molar-refractivity contribution is 0.620. The number of para-hydroxylation sites is 2. The van der Waals surface area contributed by atoms with Crippen LogP contribution in [0.2, 0.25) is 0 Å². The first-order chi connectivity index (χ1) is 13.3. The molecule has 3 aromatic rings. The van der Waals surface area contributed by atoms with Crippen molar-refractivity contribution in [3.8, 4) is 0 Å². The summed E-state index contributed by atoms with van der Waals surface area (Å²) in [5.74, 6) is 1.95. The monoisotopic (exact) mass is 495 g/mol. The van der Waals surface area contributed by atoms with Crippen molar-refractivity contribution in [2.45, 2.75) is 39.8 Å². The molecule has 0 bridgehead atoms. The van der Waals surface area contributed by atoms with Crippen LogP contribution in [0.25, 0.3) is 11.0 Å². The van der Waals surface area contributed by atoms with E-state index in [9.17, 15) is 0 Å². The van der Waals surface area contributed by atoms with E-state index < -0.39 is 0 Å². The molecule has 0 amide bonds. The number of aliphatic imine (C=N–C) groups is 1. The van der Waals surface area contributed by atoms with Gasteiger partial charge in [0.05, 0.1) is 17.4 Å². The molecule has 0 aliphatic rings. The molecule has 7 nitrogen and oxygen atoms in total. The summed E-state index contributed by atoms with van der Waals surface area (Å²) in [6, 6.07) is 8.30. The molecule has 152 valence electrons. The summed E-state index contributed by atoms with van der Waals surface area (Å²) >= 11 is 0. The maximum absolute atomic E-state index is 4.66. The summed E-state index contributed by atoms with van der Waals surface area (Å²) in [5, 5.41) is 6.74. The van der Waals surface area contributed by atoms with E-state index in [2.05, 4.69) is 66.8 Å². The zero-order chi connectivity index (χ0) is 18.9. The lowest BCUT2D eigenvalue weighted by Gasteiger charge is -2.12. The molecule has 0 unspecified atom stereocenters. The SMILES string of the molecule is CCNC(=NCCCn1ccnc1)NCCCn1c(C)nc2ccccc21.I. The largest absolute Gasteiger partial charge is 0.357 e. The van der Waals surface area contributed by atoms with E-state index in [0.717, 1.165) is 62.9 Å². The highest BCUT2D eigenvalue weighted by Crippen LogP contribution is 2.15. The van der Waals surface area contributed by atoms with Crippen LogP contribution in [0.3, 0.4) is 0 Å². The number of nitrogens with zero attached hydrogens (tertiary/aromatic N) is 5. The van der Waals surface area contributed by atoms with Crippen LogP contribution in [0, 0.1) is 6.92 Å². The molecule has 0 atom stereocenters. The van der Waals surface area contributed by atoms with Crippen LogP contribution in [0.5, 0.6) is 0 Å². The molecule has 28 heavy (non-hydrogen) atoms. The van der Waals surface area contributed by atoms with Crippen LogP contribution < -0.4 is 10.6 Å². The quantitative estimate of drug-likeness (QED) is 0.207. The van der Waals surface area contributed by atoms with Crippen molar-refractivity contribution in [3.63, 3.8) is 0 Å². The minimum absolute atomic E-state index is 0. The molecule has 0 saturated carbocycles. The van der Waals surface area contributed by atoms with Gasteiger partial charge >= 0.3 is 0 Å². The Morgan fingerprint density at radius 1 is 1.14 bits per heavy atom. The third-order valence-corrected chi connectivity index (χ3v) is 4.44. The predicted molar refractivity (Wildman–Crippen MR) is 125 cm³/mol. The maximum atomic E-state index is 4.66. The molecule has 0 radical (unpaired) electrons. The third kappa shape index (κ3) is 6.22. The Balaban J connectivity index is 0.00000280. The summed E-state index contributed by atoms with van der Waals surface area (Å²) in [5.41, 5.74) is 2.27. The number of halogens is 1. The molecular formula is C20H30IN7. The summed E-state index contributed by atoms with van der Waals surface area (Å²) < 4.78 is 4.36. The van der Waals surface area contributed by atoms with Crippen molar-refractivity contribution in [2.75, 3.05) is 19.6 Å². The van der Waals surface area contributed by atoms with Crippen LogP contribution in [0.1, 0.15) is 25.6 Å². The Morgan fingerprint density at radius 2 is 2.00 bits per heavy atom. The van der Waals surface area contributed by atoms with Gasteiger partial charge in [0.25, 0.3) is 0 Å². The molecule has 0 aliphatic heterocycles. The summed E-state index contributed by atoms with van der Waals surface area (Å²) in [6.07, 6.45) is 7.64. The normalized spacial score (nSPS) is 11.4. The van der Waals surface area contributed by atoms with Crippen molar-refractivity contribution in [1.29, 1.82) is 0 Å². The number of hydrogen-bond donors (Lipinski definition) is 2. The van der Waals surface area contributed by atoms with Gasteiger partial charge in [-0.05, 0) is 38.8 Å². The van der Waals surface area contributed by atoms with E-state index in [4.69, 9.17) is 0 Å². The van der Waals surface area contributed by atoms with E-state index in [-0.39, 0.29) is 24.0 Å². The number of fused-ring (bicyclic) bond motifs is 1. The van der Waals surface area contributed by atoms with Crippen LogP contribution >= 0.6 is 24.0 Å². The van der Waals surface area contributed by atoms with Gasteiger partial charge in [-0.3, -0.25) is 4.99 Å². The Kier molecular flexibility index (Phi) is 9.26. The number of rotatable bonds is 9. The smallest absolute Gasteiger partial charge is 0.191 e. The molecule has 1 aromatic carbocycles. The lowest BCUT2D eigenvalue weighted by Crippen LogP contribution is -2.38. The number of aryl methyl sites for hydroxylation is 3. The second kappa shape index (κ2) is 11.7. The van der Waals surface area contributed by atoms with Gasteiger partial charge in [-0.1, -0.05) is 12.1 Å². The molecule has 2 aromatic heterocycles. The van der Waals surface area contributed by atoms with Gasteiger partial charge in [0.15, 0.2) is 5.96 Å². The number of guanidine groups is 1. The van der Waals surface area contributed by atoms with Crippen molar-refractivity contribution >= 4 is 41.0 Å². The second-order valence-electron chi connectivity index (χ2n) is 6.49. The highest BCUT2D eigenvalue weighted by atomic mass is 127. The maximum Gasteiger partial charge on any atom is 0.191 e. The first-order valence-electron chi connectivity index (χ1n) is 9.67. The number of imidazole rings is 2. The van der Waals surface area contributed by atoms with Gasteiger partial charge in [-0.15, -0.1) is 24.0 Å². The molecule has 3 rings (SSSR count). The van der Waals surface area contributed by atoms with E-state index in [1.165, 1.54) is 5.52 Å². The molecule has 2 heterocycles. The molecule has 8 heteroatoms. The highest BCUT2D eigenvalue weighted by Gasteiger charge is 2.06. The topological polar surface area (TPSA) is 72.1 Å². The molecule has 2 N–H and O–H groups in total. The van der Waals surface area contributed by atoms with Crippen molar-refractivity contribution in [2.24, 2.45) is 4.99 Å². The number of nitrogens with one attached hydrogen (secondary N) is 2. The highest BCUT2D eigenvalue weighted by molar-refractivity contribution is 14.0. The van der Waals surface area contributed by atoms with E-state index in [1.807, 2.05) is 18.6 Å². The fourth-order valence-corrected chi connectivity index (χ4v) is 3.13. The van der Waals surface area contributed by atoms with Crippen molar-refractivity contribution < 1.29 is 0 Å². The van der Waals surface area contributed by atoms with Gasteiger partial charge in [0.1, 0.15) is 5.82 Å². The van der Waals surface area contributed by atoms with Crippen molar-refractivity contribution in [3.05, 3.63) is 48.8 Å². The van der Waals surface area contributed by atoms with Crippen LogP contribution in [0.4, 0.5) is 0 Å².